The van der Waals surface area contributed by atoms with E-state index >= 15 is 0 Å². The number of amides is 2. The summed E-state index contributed by atoms with van der Waals surface area (Å²) in [5, 5.41) is 57.1. The lowest BCUT2D eigenvalue weighted by molar-refractivity contribution is -0.139. The molecule has 3 unspecified atom stereocenters. The highest BCUT2D eigenvalue weighted by atomic mass is 32.2. The number of ether oxygens (including phenoxy) is 3. The summed E-state index contributed by atoms with van der Waals surface area (Å²) in [6, 6.07) is 14.5. The van der Waals surface area contributed by atoms with Crippen LogP contribution in [0.5, 0.6) is 0 Å². The van der Waals surface area contributed by atoms with Crippen molar-refractivity contribution in [1.82, 2.24) is 28.4 Å². The number of benzene rings is 2. The van der Waals surface area contributed by atoms with E-state index in [4.69, 9.17) is 34.4 Å². The first-order valence-corrected chi connectivity index (χ1v) is 33.1. The van der Waals surface area contributed by atoms with Gasteiger partial charge in [0.1, 0.15) is 28.9 Å². The van der Waals surface area contributed by atoms with Gasteiger partial charge in [-0.15, -0.1) is 0 Å². The molecule has 8 aliphatic rings. The third-order valence-corrected chi connectivity index (χ3v) is 21.8. The Kier molecular flexibility index (Phi) is 19.0. The number of nitrogens with one attached hydrogen (secondary N) is 2. The first-order valence-electron chi connectivity index (χ1n) is 29.9. The molecular formula is C59H84N8O14S2. The second-order valence-electron chi connectivity index (χ2n) is 24.3. The smallest absolute Gasteiger partial charge is 0.253 e. The Balaban J connectivity index is 0.000000169. The number of fused-ring (bicyclic) bond motifs is 2. The van der Waals surface area contributed by atoms with Crippen LogP contribution in [0.15, 0.2) is 70.9 Å². The van der Waals surface area contributed by atoms with Crippen LogP contribution in [-0.2, 0) is 56.9 Å². The van der Waals surface area contributed by atoms with E-state index in [1.54, 1.807) is 35.0 Å². The third-order valence-electron chi connectivity index (χ3n) is 18.0. The van der Waals surface area contributed by atoms with Gasteiger partial charge in [0.2, 0.25) is 20.0 Å². The molecule has 2 spiro atoms. The van der Waals surface area contributed by atoms with Gasteiger partial charge in [0.25, 0.3) is 11.8 Å². The minimum atomic E-state index is -3.79. The summed E-state index contributed by atoms with van der Waals surface area (Å²) in [6.07, 6.45) is 14.2. The van der Waals surface area contributed by atoms with Crippen LogP contribution >= 0.6 is 0 Å². The lowest BCUT2D eigenvalue weighted by Crippen LogP contribution is -2.51. The minimum absolute atomic E-state index is 0.0908. The van der Waals surface area contributed by atoms with Crippen molar-refractivity contribution < 1.29 is 66.2 Å². The van der Waals surface area contributed by atoms with Gasteiger partial charge in [-0.1, -0.05) is 62.8 Å². The van der Waals surface area contributed by atoms with Crippen LogP contribution in [0.4, 0.5) is 0 Å². The van der Waals surface area contributed by atoms with Gasteiger partial charge in [-0.25, -0.2) is 25.4 Å². The standard InChI is InChI=1S/C29H40N4O6S.C26H36N4O6S.C4H8O2/c1-28(2)38-18-21(39-28)17-32-14-11-22-23(9-6-10-24(22)32)25(34)19-40(36,37)33-15-12-29(13-16-33)27(35)30-26(31-29)20-7-4-3-5-8-20;31-16-19(32)15-29-12-9-20-21(7-4-8-22(20)29)23(33)17-37(35,36)30-13-10-26(11-14-30)25(34)27-24(28-26)18-5-2-1-3-6-18;5-4-2-1-3-6-4/h6,9-11,14,20-21,25,34H,3-5,7-8,12-13,15-19H2,1-2H3,(H,30,31,35);4,7-9,12,18-19,23,31-33H,1-3,5-6,10-11,13-17H2,(H,27,28,34);4-5H,1-3H2/t21-,25?;19-,23?;/m00./s1. The minimum Gasteiger partial charge on any atom is -0.394 e. The molecule has 22 nitrogen and oxygen atoms in total. The van der Waals surface area contributed by atoms with Gasteiger partial charge in [-0.3, -0.25) is 19.6 Å². The maximum Gasteiger partial charge on any atom is 0.253 e. The van der Waals surface area contributed by atoms with Crippen molar-refractivity contribution >= 4 is 65.3 Å². The van der Waals surface area contributed by atoms with E-state index in [0.29, 0.717) is 67.2 Å². The SMILES string of the molecule is CC1(C)OC[C@H](Cn2ccc3c(C(O)CS(=O)(=O)N4CCC5(CC4)N=C(C4CCCCC4)NC5=O)cccc32)O1.O=C1NC(C2CCCCC2)=NC12CCN(S(=O)(=O)CC(O)c1cccc3c1ccn3C[C@H](O)CO)CC2.OC1CCCO1. The van der Waals surface area contributed by atoms with E-state index < -0.39 is 73.0 Å². The lowest BCUT2D eigenvalue weighted by Gasteiger charge is -2.35. The monoisotopic (exact) mass is 1190 g/mol. The number of sulfonamides is 2. The number of nitrogens with zero attached hydrogens (tertiary/aromatic N) is 6. The fourth-order valence-electron chi connectivity index (χ4n) is 13.3. The fourth-order valence-corrected chi connectivity index (χ4v) is 16.3. The van der Waals surface area contributed by atoms with Crippen LogP contribution in [0, 0.1) is 11.8 Å². The molecule has 4 saturated heterocycles. The summed E-state index contributed by atoms with van der Waals surface area (Å²) in [5.41, 5.74) is 0.958. The Morgan fingerprint density at radius 2 is 1.12 bits per heavy atom. The van der Waals surface area contributed by atoms with E-state index in [2.05, 4.69) is 10.6 Å². The largest absolute Gasteiger partial charge is 0.394 e. The number of aliphatic hydroxyl groups is 5. The van der Waals surface area contributed by atoms with Crippen molar-refractivity contribution in [2.45, 2.75) is 177 Å². The zero-order valence-electron chi connectivity index (χ0n) is 47.8. The fraction of sp³-hybridized carbons (Fsp3) is 0.661. The first-order chi connectivity index (χ1) is 39.7. The molecule has 8 heterocycles. The molecule has 2 saturated carbocycles. The first kappa shape index (κ1) is 61.4. The van der Waals surface area contributed by atoms with Gasteiger partial charge < -0.3 is 59.5 Å². The van der Waals surface area contributed by atoms with Crippen LogP contribution in [0.2, 0.25) is 0 Å². The van der Waals surface area contributed by atoms with Crippen molar-refractivity contribution in [2.24, 2.45) is 21.8 Å². The number of carbonyl (C=O) groups excluding carboxylic acids is 2. The summed E-state index contributed by atoms with van der Waals surface area (Å²) < 4.78 is 76.2. The van der Waals surface area contributed by atoms with Crippen LogP contribution in [0.1, 0.15) is 140 Å². The predicted octanol–water partition coefficient (Wildman–Crippen LogP) is 4.52. The summed E-state index contributed by atoms with van der Waals surface area (Å²) in [4.78, 5) is 35.5. The summed E-state index contributed by atoms with van der Waals surface area (Å²) in [7, 11) is -7.55. The van der Waals surface area contributed by atoms with Gasteiger partial charge in [0.15, 0.2) is 12.1 Å². The summed E-state index contributed by atoms with van der Waals surface area (Å²) >= 11 is 0. The number of aliphatic imine (C=N–C) groups is 2. The molecule has 6 aliphatic heterocycles. The quantitative estimate of drug-likeness (QED) is 0.0862. The summed E-state index contributed by atoms with van der Waals surface area (Å²) in [6.45, 7) is 6.23. The number of hydrogen-bond acceptors (Lipinski definition) is 16. The van der Waals surface area contributed by atoms with Gasteiger partial charge in [-0.05, 0) is 107 Å². The zero-order chi connectivity index (χ0) is 58.7. The third kappa shape index (κ3) is 13.9. The number of piperidine rings is 2. The van der Waals surface area contributed by atoms with E-state index in [1.165, 1.54) is 21.5 Å². The number of rotatable bonds is 15. The molecule has 6 fully saturated rings. The van der Waals surface area contributed by atoms with Crippen molar-refractivity contribution in [2.75, 3.05) is 57.5 Å². The van der Waals surface area contributed by atoms with E-state index in [0.717, 1.165) is 98.9 Å². The van der Waals surface area contributed by atoms with Crippen LogP contribution < -0.4 is 10.6 Å². The van der Waals surface area contributed by atoms with E-state index in [1.807, 2.05) is 48.9 Å². The molecule has 83 heavy (non-hydrogen) atoms. The van der Waals surface area contributed by atoms with E-state index in [9.17, 15) is 41.7 Å². The molecule has 5 atom stereocenters. The molecule has 4 aromatic rings. The summed E-state index contributed by atoms with van der Waals surface area (Å²) in [5.74, 6) is 0.467. The van der Waals surface area contributed by atoms with Gasteiger partial charge in [0.05, 0.1) is 56.1 Å². The molecule has 7 N–H and O–H groups in total. The lowest BCUT2D eigenvalue weighted by atomic mass is 9.88. The molecule has 0 bridgehead atoms. The molecule has 2 amide bonds. The van der Waals surface area contributed by atoms with Crippen LogP contribution in [0.25, 0.3) is 21.8 Å². The van der Waals surface area contributed by atoms with Crippen molar-refractivity contribution in [3.8, 4) is 0 Å². The Hall–Kier alpha value is -4.70. The number of hydrogen-bond donors (Lipinski definition) is 7. The van der Waals surface area contributed by atoms with E-state index in [-0.39, 0.29) is 57.2 Å². The normalized spacial score (nSPS) is 25.3. The highest BCUT2D eigenvalue weighted by Crippen LogP contribution is 2.38. The Labute approximate surface area is 486 Å². The number of carbonyl (C=O) groups is 2. The van der Waals surface area contributed by atoms with Crippen molar-refractivity contribution in [1.29, 1.82) is 0 Å². The molecule has 2 aliphatic carbocycles. The highest BCUT2D eigenvalue weighted by molar-refractivity contribution is 7.89. The molecule has 2 aromatic heterocycles. The second-order valence-corrected chi connectivity index (χ2v) is 28.3. The second kappa shape index (κ2) is 25.7. The number of aromatic nitrogens is 2. The molecule has 12 rings (SSSR count). The molecule has 456 valence electrons. The van der Waals surface area contributed by atoms with Crippen molar-refractivity contribution in [3.05, 3.63) is 72.1 Å². The molecule has 2 aromatic carbocycles. The number of amidine groups is 2. The van der Waals surface area contributed by atoms with Gasteiger partial charge in [0, 0.05) is 85.2 Å². The number of aliphatic hydroxyl groups excluding tert-OH is 5. The molecule has 0 radical (unpaired) electrons. The zero-order valence-corrected chi connectivity index (χ0v) is 49.4. The van der Waals surface area contributed by atoms with Crippen molar-refractivity contribution in [3.63, 3.8) is 0 Å². The average Bonchev–Trinajstić information content (AvgIpc) is 4.39. The van der Waals surface area contributed by atoms with Crippen LogP contribution in [-0.4, -0.2) is 176 Å². The van der Waals surface area contributed by atoms with Gasteiger partial charge in [-0.2, -0.15) is 0 Å². The maximum absolute atomic E-state index is 13.4. The Morgan fingerprint density at radius 3 is 1.53 bits per heavy atom. The maximum atomic E-state index is 13.4. The van der Waals surface area contributed by atoms with Crippen LogP contribution in [0.3, 0.4) is 0 Å². The molecular weight excluding hydrogens is 1110 g/mol. The highest BCUT2D eigenvalue weighted by Gasteiger charge is 2.50. The Morgan fingerprint density at radius 1 is 0.651 bits per heavy atom. The average molecular weight is 1190 g/mol. The van der Waals surface area contributed by atoms with Gasteiger partial charge >= 0.3 is 0 Å². The topological polar surface area (TPSA) is 296 Å². The Bertz CT molecular complexity index is 3220. The molecule has 24 heteroatoms. The predicted molar refractivity (Wildman–Crippen MR) is 312 cm³/mol.